The highest BCUT2D eigenvalue weighted by Gasteiger charge is 2.67. The van der Waals surface area contributed by atoms with Gasteiger partial charge in [0.25, 0.3) is 0 Å². The molecule has 2 N–H and O–H groups in total. The van der Waals surface area contributed by atoms with Crippen molar-refractivity contribution >= 4 is 23.9 Å². The number of fused-ring (bicyclic) bond motifs is 5. The number of carbonyl (C=O) groups is 4. The Morgan fingerprint density at radius 2 is 1.22 bits per heavy atom. The lowest BCUT2D eigenvalue weighted by Crippen LogP contribution is -2.63. The molecule has 0 bridgehead atoms. The topological polar surface area (TPSA) is 155 Å². The van der Waals surface area contributed by atoms with Crippen LogP contribution in [0.1, 0.15) is 122 Å². The maximum Gasteiger partial charge on any atom is 0.338 e. The van der Waals surface area contributed by atoms with E-state index in [2.05, 4.69) is 13.8 Å². The molecule has 60 heavy (non-hydrogen) atoms. The summed E-state index contributed by atoms with van der Waals surface area (Å²) in [5.41, 5.74) is -0.263. The van der Waals surface area contributed by atoms with E-state index in [1.807, 2.05) is 0 Å². The number of hydrogen-bond donors (Lipinski definition) is 2. The van der Waals surface area contributed by atoms with Gasteiger partial charge in [-0.15, -0.1) is 0 Å². The molecular formula is C49H58O11. The van der Waals surface area contributed by atoms with Crippen LogP contribution in [0.4, 0.5) is 0 Å². The Morgan fingerprint density at radius 3 is 1.78 bits per heavy atom. The van der Waals surface area contributed by atoms with Gasteiger partial charge in [0.1, 0.15) is 0 Å². The maximum absolute atomic E-state index is 13.8. The van der Waals surface area contributed by atoms with Crippen LogP contribution in [0.3, 0.4) is 0 Å². The van der Waals surface area contributed by atoms with Crippen LogP contribution >= 0.6 is 0 Å². The average molecular weight is 823 g/mol. The molecule has 4 saturated carbocycles. The van der Waals surface area contributed by atoms with E-state index in [1.165, 1.54) is 0 Å². The Bertz CT molecular complexity index is 2010. The minimum atomic E-state index is -1.30. The van der Waals surface area contributed by atoms with Gasteiger partial charge in [-0.1, -0.05) is 68.4 Å². The minimum absolute atomic E-state index is 0.0244. The molecular weight excluding hydrogens is 765 g/mol. The van der Waals surface area contributed by atoms with Gasteiger partial charge in [0.05, 0.1) is 34.5 Å². The summed E-state index contributed by atoms with van der Waals surface area (Å²) in [5.74, 6) is -1.77. The van der Waals surface area contributed by atoms with E-state index < -0.39 is 60.2 Å². The molecule has 0 unspecified atom stereocenters. The van der Waals surface area contributed by atoms with Crippen molar-refractivity contribution in [2.45, 2.75) is 134 Å². The van der Waals surface area contributed by atoms with Crippen LogP contribution in [-0.2, 0) is 28.5 Å². The molecule has 3 aromatic rings. The molecule has 11 heteroatoms. The van der Waals surface area contributed by atoms with E-state index in [9.17, 15) is 29.4 Å². The number of aliphatic carboxylic acids is 1. The third-order valence-corrected chi connectivity index (χ3v) is 15.5. The van der Waals surface area contributed by atoms with Gasteiger partial charge in [0.15, 0.2) is 24.6 Å². The SMILES string of the molecule is C[C@@H]1O[C@@H](O[C@H]2CC[C@@]3(C)[C@H](CC[C@@H]4[C@@H]3CC[C@]3(C)[C@@H](CCC(=O)O)CC[C@]43O)C2)[C@H](OC(=O)c2ccccc2)[C@H](OC(=O)c2ccccc2)[C@H]1OC(=O)c1ccccc1. The van der Waals surface area contributed by atoms with Gasteiger partial charge in [0, 0.05) is 6.42 Å². The zero-order valence-electron chi connectivity index (χ0n) is 34.8. The smallest absolute Gasteiger partial charge is 0.338 e. The fourth-order valence-electron chi connectivity index (χ4n) is 12.2. The lowest BCUT2D eigenvalue weighted by Gasteiger charge is -2.64. The van der Waals surface area contributed by atoms with Crippen molar-refractivity contribution in [2.75, 3.05) is 0 Å². The van der Waals surface area contributed by atoms with Crippen molar-refractivity contribution in [2.24, 2.45) is 34.5 Å². The summed E-state index contributed by atoms with van der Waals surface area (Å²) in [4.78, 5) is 52.7. The van der Waals surface area contributed by atoms with Gasteiger partial charge in [-0.25, -0.2) is 14.4 Å². The Hall–Kier alpha value is -4.58. The van der Waals surface area contributed by atoms with Crippen molar-refractivity contribution in [1.82, 2.24) is 0 Å². The number of hydrogen-bond acceptors (Lipinski definition) is 10. The van der Waals surface area contributed by atoms with E-state index in [1.54, 1.807) is 97.9 Å². The van der Waals surface area contributed by atoms with Crippen molar-refractivity contribution in [3.63, 3.8) is 0 Å². The number of rotatable bonds is 11. The predicted octanol–water partition coefficient (Wildman–Crippen LogP) is 8.43. The number of carboxylic acids is 1. The van der Waals surface area contributed by atoms with Gasteiger partial charge in [-0.2, -0.15) is 0 Å². The number of carboxylic acid groups (broad SMARTS) is 1. The summed E-state index contributed by atoms with van der Waals surface area (Å²) in [6, 6.07) is 25.5. The predicted molar refractivity (Wildman–Crippen MR) is 220 cm³/mol. The van der Waals surface area contributed by atoms with Crippen LogP contribution in [-0.4, -0.2) is 76.5 Å². The molecule has 3 aromatic carbocycles. The second-order valence-corrected chi connectivity index (χ2v) is 18.5. The molecule has 13 atom stereocenters. The van der Waals surface area contributed by atoms with Crippen molar-refractivity contribution in [3.05, 3.63) is 108 Å². The summed E-state index contributed by atoms with van der Waals surface area (Å²) >= 11 is 0. The molecule has 1 saturated heterocycles. The van der Waals surface area contributed by atoms with Gasteiger partial charge >= 0.3 is 23.9 Å². The van der Waals surface area contributed by atoms with Gasteiger partial charge in [0.2, 0.25) is 0 Å². The van der Waals surface area contributed by atoms with Crippen molar-refractivity contribution in [1.29, 1.82) is 0 Å². The summed E-state index contributed by atoms with van der Waals surface area (Å²) in [6.45, 7) is 6.33. The van der Waals surface area contributed by atoms with E-state index in [4.69, 9.17) is 23.7 Å². The highest BCUT2D eigenvalue weighted by molar-refractivity contribution is 5.91. The number of aliphatic hydroxyl groups is 1. The largest absolute Gasteiger partial charge is 0.481 e. The van der Waals surface area contributed by atoms with Crippen molar-refractivity contribution < 1.29 is 53.1 Å². The number of ether oxygens (including phenoxy) is 5. The van der Waals surface area contributed by atoms with Crippen LogP contribution in [0.15, 0.2) is 91.0 Å². The highest BCUT2D eigenvalue weighted by atomic mass is 16.7. The zero-order valence-corrected chi connectivity index (χ0v) is 34.8. The second kappa shape index (κ2) is 17.1. The molecule has 1 heterocycles. The molecule has 8 rings (SSSR count). The molecule has 4 aliphatic carbocycles. The summed E-state index contributed by atoms with van der Waals surface area (Å²) in [5, 5.41) is 22.0. The summed E-state index contributed by atoms with van der Waals surface area (Å²) in [6.07, 6.45) is 2.36. The Morgan fingerprint density at radius 1 is 0.667 bits per heavy atom. The van der Waals surface area contributed by atoms with Crippen LogP contribution in [0.5, 0.6) is 0 Å². The first-order valence-electron chi connectivity index (χ1n) is 21.8. The van der Waals surface area contributed by atoms with Gasteiger partial charge < -0.3 is 33.9 Å². The molecule has 0 radical (unpaired) electrons. The standard InChI is InChI=1S/C49H58O11/c1-30-40(58-43(52)31-13-7-4-8-14-31)41(59-44(53)32-15-9-5-10-16-32)42(60-45(54)33-17-11-6-12-18-33)46(56-30)57-36-24-26-47(2)35(29-36)19-21-38-37(47)25-27-48(3)34(20-22-39(50)51)23-28-49(38,48)55/h4-18,30,34-38,40-42,46,55H,19-29H2,1-3H3,(H,50,51)/t30-,34-,35+,36-,37-,38+,40-,41+,42+,46-,47-,48+,49-/m0/s1. The van der Waals surface area contributed by atoms with E-state index in [-0.39, 0.29) is 46.3 Å². The number of esters is 3. The quantitative estimate of drug-likeness (QED) is 0.109. The maximum atomic E-state index is 13.8. The van der Waals surface area contributed by atoms with E-state index >= 15 is 0 Å². The zero-order chi connectivity index (χ0) is 42.2. The molecule has 0 spiro atoms. The Balaban J connectivity index is 1.04. The molecule has 0 aromatic heterocycles. The molecule has 5 aliphatic rings. The highest BCUT2D eigenvalue weighted by Crippen LogP contribution is 2.69. The van der Waals surface area contributed by atoms with Crippen LogP contribution in [0.2, 0.25) is 0 Å². The lowest BCUT2D eigenvalue weighted by molar-refractivity contribution is -0.308. The molecule has 0 amide bonds. The first-order valence-corrected chi connectivity index (χ1v) is 21.8. The fraction of sp³-hybridized carbons (Fsp3) is 0.551. The van der Waals surface area contributed by atoms with E-state index in [0.29, 0.717) is 30.2 Å². The summed E-state index contributed by atoms with van der Waals surface area (Å²) in [7, 11) is 0. The Labute approximate surface area is 352 Å². The number of benzene rings is 3. The van der Waals surface area contributed by atoms with Crippen LogP contribution < -0.4 is 0 Å². The third-order valence-electron chi connectivity index (χ3n) is 15.5. The molecule has 320 valence electrons. The Kier molecular flexibility index (Phi) is 12.0. The number of carbonyl (C=O) groups excluding carboxylic acids is 3. The van der Waals surface area contributed by atoms with E-state index in [0.717, 1.165) is 51.4 Å². The van der Waals surface area contributed by atoms with Crippen LogP contribution in [0.25, 0.3) is 0 Å². The van der Waals surface area contributed by atoms with Crippen molar-refractivity contribution in [3.8, 4) is 0 Å². The third kappa shape index (κ3) is 7.89. The summed E-state index contributed by atoms with van der Waals surface area (Å²) < 4.78 is 31.9. The van der Waals surface area contributed by atoms with Crippen LogP contribution in [0, 0.1) is 34.5 Å². The molecule has 1 aliphatic heterocycles. The monoisotopic (exact) mass is 822 g/mol. The average Bonchev–Trinajstić information content (AvgIpc) is 3.53. The fourth-order valence-corrected chi connectivity index (χ4v) is 12.2. The van der Waals surface area contributed by atoms with Gasteiger partial charge in [-0.05, 0) is 142 Å². The first kappa shape index (κ1) is 42.1. The minimum Gasteiger partial charge on any atom is -0.481 e. The molecule has 11 nitrogen and oxygen atoms in total. The molecule has 5 fully saturated rings. The first-order chi connectivity index (χ1) is 28.8. The second-order valence-electron chi connectivity index (χ2n) is 18.5. The van der Waals surface area contributed by atoms with Gasteiger partial charge in [-0.3, -0.25) is 4.79 Å². The lowest BCUT2D eigenvalue weighted by atomic mass is 9.43. The normalized spacial score (nSPS) is 37.1.